The van der Waals surface area contributed by atoms with Gasteiger partial charge in [0.05, 0.1) is 6.10 Å². The molecule has 1 unspecified atom stereocenters. The van der Waals surface area contributed by atoms with Crippen LogP contribution < -0.4 is 0 Å². The first-order valence-corrected chi connectivity index (χ1v) is 6.19. The van der Waals surface area contributed by atoms with E-state index in [1.807, 2.05) is 36.4 Å². The van der Waals surface area contributed by atoms with Gasteiger partial charge in [0.1, 0.15) is 12.7 Å². The van der Waals surface area contributed by atoms with Crippen LogP contribution in [0, 0.1) is 10.1 Å². The van der Waals surface area contributed by atoms with Gasteiger partial charge in [0, 0.05) is 6.08 Å². The number of benzene rings is 1. The Labute approximate surface area is 116 Å². The minimum Gasteiger partial charge on any atom is -0.389 e. The fourth-order valence-corrected chi connectivity index (χ4v) is 1.85. The van der Waals surface area contributed by atoms with E-state index in [-0.39, 0.29) is 12.4 Å². The third-order valence-electron chi connectivity index (χ3n) is 2.72. The van der Waals surface area contributed by atoms with Gasteiger partial charge in [-0.05, 0) is 23.5 Å². The van der Waals surface area contributed by atoms with Gasteiger partial charge >= 0.3 is 5.82 Å². The van der Waals surface area contributed by atoms with E-state index in [4.69, 9.17) is 0 Å². The second-order valence-corrected chi connectivity index (χ2v) is 4.44. The lowest BCUT2D eigenvalue weighted by Crippen LogP contribution is -2.14. The number of aliphatic hydroxyl groups excluding tert-OH is 1. The predicted molar refractivity (Wildman–Crippen MR) is 75.9 cm³/mol. The van der Waals surface area contributed by atoms with E-state index in [0.29, 0.717) is 5.82 Å². The van der Waals surface area contributed by atoms with Gasteiger partial charge in [-0.2, -0.15) is 0 Å². The van der Waals surface area contributed by atoms with Gasteiger partial charge in [-0.15, -0.1) is 0 Å². The van der Waals surface area contributed by atoms with Crippen molar-refractivity contribution in [3.63, 3.8) is 0 Å². The number of nitrogens with zero attached hydrogens (tertiary/aromatic N) is 3. The largest absolute Gasteiger partial charge is 0.389 e. The molecule has 0 fully saturated rings. The van der Waals surface area contributed by atoms with Gasteiger partial charge in [-0.25, -0.2) is 9.55 Å². The Kier molecular flexibility index (Phi) is 4.27. The van der Waals surface area contributed by atoms with Crippen molar-refractivity contribution in [3.8, 4) is 0 Å². The molecule has 0 bridgehead atoms. The molecule has 0 aliphatic rings. The summed E-state index contributed by atoms with van der Waals surface area (Å²) in [6.45, 7) is 1.71. The maximum atomic E-state index is 10.9. The Morgan fingerprint density at radius 3 is 2.70 bits per heavy atom. The molecule has 0 amide bonds. The lowest BCUT2D eigenvalue weighted by molar-refractivity contribution is -0.392. The van der Waals surface area contributed by atoms with Gasteiger partial charge in [0.2, 0.25) is 5.82 Å². The predicted octanol–water partition coefficient (Wildman–Crippen LogP) is 2.34. The Morgan fingerprint density at radius 2 is 2.10 bits per heavy atom. The molecule has 0 aliphatic carbocycles. The van der Waals surface area contributed by atoms with E-state index in [0.717, 1.165) is 5.56 Å². The highest BCUT2D eigenvalue weighted by Gasteiger charge is 2.19. The second-order valence-electron chi connectivity index (χ2n) is 4.44. The SMILES string of the molecule is CC(O)Cn1c([N+](=O)[O-])cnc1/C=C/c1ccccc1. The number of nitro groups is 1. The molecular weight excluding hydrogens is 258 g/mol. The summed E-state index contributed by atoms with van der Waals surface area (Å²) in [5, 5.41) is 20.4. The molecule has 1 aromatic heterocycles. The minimum absolute atomic E-state index is 0.126. The monoisotopic (exact) mass is 273 g/mol. The van der Waals surface area contributed by atoms with Gasteiger partial charge in [0.15, 0.2) is 0 Å². The van der Waals surface area contributed by atoms with Gasteiger partial charge in [-0.1, -0.05) is 30.3 Å². The molecule has 6 heteroatoms. The molecule has 0 saturated heterocycles. The summed E-state index contributed by atoms with van der Waals surface area (Å²) in [6, 6.07) is 9.57. The Hall–Kier alpha value is -2.47. The molecule has 1 aromatic carbocycles. The zero-order valence-electron chi connectivity index (χ0n) is 11.0. The van der Waals surface area contributed by atoms with Gasteiger partial charge < -0.3 is 15.2 Å². The highest BCUT2D eigenvalue weighted by molar-refractivity contribution is 5.67. The lowest BCUT2D eigenvalue weighted by Gasteiger charge is -2.04. The topological polar surface area (TPSA) is 81.2 Å². The maximum Gasteiger partial charge on any atom is 0.343 e. The zero-order chi connectivity index (χ0) is 14.5. The Balaban J connectivity index is 2.32. The molecule has 2 rings (SSSR count). The highest BCUT2D eigenvalue weighted by atomic mass is 16.6. The molecule has 104 valence electrons. The fourth-order valence-electron chi connectivity index (χ4n) is 1.85. The number of hydrogen-bond donors (Lipinski definition) is 1. The number of rotatable bonds is 5. The Morgan fingerprint density at radius 1 is 1.40 bits per heavy atom. The summed E-state index contributed by atoms with van der Waals surface area (Å²) in [5.41, 5.74) is 0.974. The van der Waals surface area contributed by atoms with Crippen LogP contribution >= 0.6 is 0 Å². The van der Waals surface area contributed by atoms with Crippen LogP contribution in [0.3, 0.4) is 0 Å². The standard InChI is InChI=1S/C14H15N3O3/c1-11(18)10-16-13(15-9-14(16)17(19)20)8-7-12-5-3-2-4-6-12/h2-9,11,18H,10H2,1H3/b8-7+. The first-order chi connectivity index (χ1) is 9.58. The second kappa shape index (κ2) is 6.12. The number of aromatic nitrogens is 2. The summed E-state index contributed by atoms with van der Waals surface area (Å²) in [6.07, 6.45) is 4.04. The smallest absolute Gasteiger partial charge is 0.343 e. The highest BCUT2D eigenvalue weighted by Crippen LogP contribution is 2.17. The van der Waals surface area contributed by atoms with E-state index in [2.05, 4.69) is 4.98 Å². The Bertz CT molecular complexity index is 618. The van der Waals surface area contributed by atoms with E-state index in [1.165, 1.54) is 10.8 Å². The molecule has 0 aliphatic heterocycles. The third kappa shape index (κ3) is 3.30. The van der Waals surface area contributed by atoms with E-state index in [9.17, 15) is 15.2 Å². The molecule has 1 heterocycles. The van der Waals surface area contributed by atoms with Crippen molar-refractivity contribution < 1.29 is 10.0 Å². The summed E-state index contributed by atoms with van der Waals surface area (Å²) >= 11 is 0. The van der Waals surface area contributed by atoms with E-state index >= 15 is 0 Å². The number of hydrogen-bond acceptors (Lipinski definition) is 4. The summed E-state index contributed by atoms with van der Waals surface area (Å²) in [5.74, 6) is 0.320. The average Bonchev–Trinajstić information content (AvgIpc) is 2.80. The molecule has 0 saturated carbocycles. The van der Waals surface area contributed by atoms with Crippen molar-refractivity contribution in [2.75, 3.05) is 0 Å². The fraction of sp³-hybridized carbons (Fsp3) is 0.214. The van der Waals surface area contributed by atoms with Crippen LogP contribution in [0.25, 0.3) is 12.2 Å². The van der Waals surface area contributed by atoms with Crippen molar-refractivity contribution in [1.82, 2.24) is 9.55 Å². The first-order valence-electron chi connectivity index (χ1n) is 6.19. The molecule has 1 N–H and O–H groups in total. The maximum absolute atomic E-state index is 10.9. The zero-order valence-corrected chi connectivity index (χ0v) is 11.0. The number of imidazole rings is 1. The van der Waals surface area contributed by atoms with Crippen LogP contribution in [0.5, 0.6) is 0 Å². The summed E-state index contributed by atoms with van der Waals surface area (Å²) < 4.78 is 1.39. The van der Waals surface area contributed by atoms with Crippen LogP contribution in [0.4, 0.5) is 5.82 Å². The summed E-state index contributed by atoms with van der Waals surface area (Å²) in [7, 11) is 0. The molecule has 2 aromatic rings. The van der Waals surface area contributed by atoms with Crippen molar-refractivity contribution in [2.45, 2.75) is 19.6 Å². The van der Waals surface area contributed by atoms with Crippen molar-refractivity contribution >= 4 is 18.0 Å². The first kappa shape index (κ1) is 14.0. The van der Waals surface area contributed by atoms with Crippen LogP contribution in [-0.4, -0.2) is 25.7 Å². The van der Waals surface area contributed by atoms with Crippen LogP contribution in [0.15, 0.2) is 36.5 Å². The van der Waals surface area contributed by atoms with Crippen molar-refractivity contribution in [3.05, 3.63) is 58.0 Å². The lowest BCUT2D eigenvalue weighted by atomic mass is 10.2. The van der Waals surface area contributed by atoms with Crippen LogP contribution in [0.1, 0.15) is 18.3 Å². The van der Waals surface area contributed by atoms with E-state index < -0.39 is 11.0 Å². The molecular formula is C14H15N3O3. The molecule has 6 nitrogen and oxygen atoms in total. The van der Waals surface area contributed by atoms with Crippen molar-refractivity contribution in [2.24, 2.45) is 0 Å². The summed E-state index contributed by atoms with van der Waals surface area (Å²) in [4.78, 5) is 14.5. The van der Waals surface area contributed by atoms with Crippen molar-refractivity contribution in [1.29, 1.82) is 0 Å². The minimum atomic E-state index is -0.688. The molecule has 0 spiro atoms. The quantitative estimate of drug-likeness (QED) is 0.669. The van der Waals surface area contributed by atoms with Crippen LogP contribution in [0.2, 0.25) is 0 Å². The molecule has 1 atom stereocenters. The average molecular weight is 273 g/mol. The van der Waals surface area contributed by atoms with Crippen LogP contribution in [-0.2, 0) is 6.54 Å². The molecule has 0 radical (unpaired) electrons. The number of aliphatic hydroxyl groups is 1. The normalized spacial score (nSPS) is 12.7. The van der Waals surface area contributed by atoms with E-state index in [1.54, 1.807) is 13.0 Å². The third-order valence-corrected chi connectivity index (χ3v) is 2.72. The van der Waals surface area contributed by atoms with Gasteiger partial charge in [-0.3, -0.25) is 0 Å². The molecule has 20 heavy (non-hydrogen) atoms. The van der Waals surface area contributed by atoms with Gasteiger partial charge in [0.25, 0.3) is 0 Å².